The van der Waals surface area contributed by atoms with Gasteiger partial charge in [-0.3, -0.25) is 0 Å². The topological polar surface area (TPSA) is 43.2 Å². The van der Waals surface area contributed by atoms with Crippen molar-refractivity contribution in [2.75, 3.05) is 7.11 Å². The Kier molecular flexibility index (Phi) is 7.06. The van der Waals surface area contributed by atoms with Crippen LogP contribution in [0.2, 0.25) is 0 Å². The standard InChI is InChI=1S/C28H24N2O2/c1-31-27-19-23(17-18-26(27)32-21-22-11-5-2-6-12-22)20-29-30-28(24-13-7-3-8-14-24)25-15-9-4-10-16-25/h2-20H,21H2,1H3/b29-20-. The fourth-order valence-corrected chi connectivity index (χ4v) is 3.25. The molecular formula is C28H24N2O2. The van der Waals surface area contributed by atoms with Gasteiger partial charge in [0.2, 0.25) is 0 Å². The zero-order chi connectivity index (χ0) is 22.0. The maximum Gasteiger partial charge on any atom is 0.161 e. The lowest BCUT2D eigenvalue weighted by Gasteiger charge is -2.11. The van der Waals surface area contributed by atoms with Gasteiger partial charge in [0.25, 0.3) is 0 Å². The van der Waals surface area contributed by atoms with E-state index in [2.05, 4.69) is 10.2 Å². The van der Waals surface area contributed by atoms with Crippen LogP contribution in [-0.4, -0.2) is 19.0 Å². The second-order valence-corrected chi connectivity index (χ2v) is 7.11. The Hall–Kier alpha value is -4.18. The van der Waals surface area contributed by atoms with Crippen LogP contribution in [0.4, 0.5) is 0 Å². The van der Waals surface area contributed by atoms with E-state index in [9.17, 15) is 0 Å². The van der Waals surface area contributed by atoms with Gasteiger partial charge >= 0.3 is 0 Å². The summed E-state index contributed by atoms with van der Waals surface area (Å²) in [5.74, 6) is 1.34. The molecule has 158 valence electrons. The molecule has 4 nitrogen and oxygen atoms in total. The zero-order valence-electron chi connectivity index (χ0n) is 17.9. The molecule has 0 bridgehead atoms. The quantitative estimate of drug-likeness (QED) is 0.254. The first kappa shape index (κ1) is 21.1. The van der Waals surface area contributed by atoms with Crippen LogP contribution in [0.25, 0.3) is 0 Å². The second kappa shape index (κ2) is 10.7. The summed E-state index contributed by atoms with van der Waals surface area (Å²) < 4.78 is 11.4. The Morgan fingerprint density at radius 1 is 0.719 bits per heavy atom. The maximum atomic E-state index is 5.93. The molecule has 0 N–H and O–H groups in total. The molecular weight excluding hydrogens is 396 g/mol. The van der Waals surface area contributed by atoms with Crippen molar-refractivity contribution in [3.8, 4) is 11.5 Å². The molecule has 0 heterocycles. The SMILES string of the molecule is COc1cc(/C=N\N=C(c2ccccc2)c2ccccc2)ccc1OCc1ccccc1. The highest BCUT2D eigenvalue weighted by atomic mass is 16.5. The van der Waals surface area contributed by atoms with Crippen LogP contribution in [0.1, 0.15) is 22.3 Å². The number of hydrogen-bond acceptors (Lipinski definition) is 4. The molecule has 4 aromatic carbocycles. The third-order valence-electron chi connectivity index (χ3n) is 4.88. The van der Waals surface area contributed by atoms with Crippen LogP contribution in [0.3, 0.4) is 0 Å². The highest BCUT2D eigenvalue weighted by molar-refractivity contribution is 6.12. The molecule has 0 saturated heterocycles. The summed E-state index contributed by atoms with van der Waals surface area (Å²) in [6.07, 6.45) is 1.72. The third-order valence-corrected chi connectivity index (χ3v) is 4.88. The van der Waals surface area contributed by atoms with E-state index in [-0.39, 0.29) is 0 Å². The van der Waals surface area contributed by atoms with E-state index < -0.39 is 0 Å². The fourth-order valence-electron chi connectivity index (χ4n) is 3.25. The summed E-state index contributed by atoms with van der Waals surface area (Å²) in [6, 6.07) is 35.8. The highest BCUT2D eigenvalue weighted by Gasteiger charge is 2.07. The largest absolute Gasteiger partial charge is 0.493 e. The van der Waals surface area contributed by atoms with Gasteiger partial charge in [0.1, 0.15) is 12.3 Å². The Morgan fingerprint density at radius 2 is 1.31 bits per heavy atom. The number of nitrogens with zero attached hydrogens (tertiary/aromatic N) is 2. The number of benzene rings is 4. The predicted molar refractivity (Wildman–Crippen MR) is 130 cm³/mol. The van der Waals surface area contributed by atoms with E-state index in [1.807, 2.05) is 109 Å². The van der Waals surface area contributed by atoms with Crippen LogP contribution in [0.15, 0.2) is 119 Å². The number of hydrogen-bond donors (Lipinski definition) is 0. The van der Waals surface area contributed by atoms with Crippen LogP contribution in [0, 0.1) is 0 Å². The smallest absolute Gasteiger partial charge is 0.161 e. The van der Waals surface area contributed by atoms with Crippen LogP contribution in [0.5, 0.6) is 11.5 Å². The molecule has 0 radical (unpaired) electrons. The van der Waals surface area contributed by atoms with Crippen LogP contribution >= 0.6 is 0 Å². The van der Waals surface area contributed by atoms with Crippen molar-refractivity contribution in [2.24, 2.45) is 10.2 Å². The average Bonchev–Trinajstić information content (AvgIpc) is 2.87. The van der Waals surface area contributed by atoms with Crippen LogP contribution in [-0.2, 0) is 6.61 Å². The molecule has 0 aliphatic heterocycles. The maximum absolute atomic E-state index is 5.93. The molecule has 0 atom stereocenters. The Labute approximate surface area is 188 Å². The van der Waals surface area contributed by atoms with Crippen molar-refractivity contribution in [3.05, 3.63) is 131 Å². The minimum absolute atomic E-state index is 0.479. The molecule has 4 aromatic rings. The van der Waals surface area contributed by atoms with Gasteiger partial charge < -0.3 is 9.47 Å². The molecule has 0 fully saturated rings. The highest BCUT2D eigenvalue weighted by Crippen LogP contribution is 2.28. The normalized spacial score (nSPS) is 10.7. The van der Waals surface area contributed by atoms with E-state index in [1.54, 1.807) is 13.3 Å². The second-order valence-electron chi connectivity index (χ2n) is 7.11. The fraction of sp³-hybridized carbons (Fsp3) is 0.0714. The molecule has 0 aromatic heterocycles. The van der Waals surface area contributed by atoms with E-state index in [0.717, 1.165) is 28.0 Å². The minimum atomic E-state index is 0.479. The molecule has 0 saturated carbocycles. The average molecular weight is 421 g/mol. The lowest BCUT2D eigenvalue weighted by molar-refractivity contribution is 0.284. The van der Waals surface area contributed by atoms with E-state index >= 15 is 0 Å². The van der Waals surface area contributed by atoms with E-state index in [0.29, 0.717) is 18.1 Å². The molecule has 32 heavy (non-hydrogen) atoms. The minimum Gasteiger partial charge on any atom is -0.493 e. The van der Waals surface area contributed by atoms with Gasteiger partial charge in [-0.15, -0.1) is 5.10 Å². The van der Waals surface area contributed by atoms with Crippen molar-refractivity contribution >= 4 is 11.9 Å². The van der Waals surface area contributed by atoms with Gasteiger partial charge in [-0.05, 0) is 29.3 Å². The molecule has 0 aliphatic carbocycles. The lowest BCUT2D eigenvalue weighted by Crippen LogP contribution is -2.02. The Bertz CT molecular complexity index is 1150. The van der Waals surface area contributed by atoms with Gasteiger partial charge in [0.05, 0.1) is 13.3 Å². The van der Waals surface area contributed by atoms with Gasteiger partial charge in [-0.1, -0.05) is 91.0 Å². The van der Waals surface area contributed by atoms with Crippen molar-refractivity contribution in [1.82, 2.24) is 0 Å². The van der Waals surface area contributed by atoms with E-state index in [1.165, 1.54) is 0 Å². The Balaban J connectivity index is 1.54. The summed E-state index contributed by atoms with van der Waals surface area (Å²) in [4.78, 5) is 0. The molecule has 4 heteroatoms. The zero-order valence-corrected chi connectivity index (χ0v) is 17.9. The van der Waals surface area contributed by atoms with Crippen molar-refractivity contribution in [2.45, 2.75) is 6.61 Å². The monoisotopic (exact) mass is 420 g/mol. The van der Waals surface area contributed by atoms with Crippen molar-refractivity contribution < 1.29 is 9.47 Å². The number of rotatable bonds is 8. The van der Waals surface area contributed by atoms with E-state index in [4.69, 9.17) is 9.47 Å². The van der Waals surface area contributed by atoms with Gasteiger partial charge in [-0.25, -0.2) is 0 Å². The predicted octanol–water partition coefficient (Wildman–Crippen LogP) is 6.15. The van der Waals surface area contributed by atoms with Gasteiger partial charge in [0.15, 0.2) is 11.5 Å². The van der Waals surface area contributed by atoms with Gasteiger partial charge in [0, 0.05) is 11.1 Å². The summed E-state index contributed by atoms with van der Waals surface area (Å²) in [5.41, 5.74) is 4.82. The molecule has 0 unspecified atom stereocenters. The Morgan fingerprint density at radius 3 is 1.91 bits per heavy atom. The first-order chi connectivity index (χ1) is 15.8. The summed E-state index contributed by atoms with van der Waals surface area (Å²) >= 11 is 0. The summed E-state index contributed by atoms with van der Waals surface area (Å²) in [7, 11) is 1.63. The first-order valence-electron chi connectivity index (χ1n) is 10.4. The van der Waals surface area contributed by atoms with Gasteiger partial charge in [-0.2, -0.15) is 5.10 Å². The first-order valence-corrected chi connectivity index (χ1v) is 10.4. The molecule has 4 rings (SSSR count). The van der Waals surface area contributed by atoms with Crippen molar-refractivity contribution in [3.63, 3.8) is 0 Å². The molecule has 0 spiro atoms. The summed E-state index contributed by atoms with van der Waals surface area (Å²) in [5, 5.41) is 8.89. The van der Waals surface area contributed by atoms with Crippen molar-refractivity contribution in [1.29, 1.82) is 0 Å². The third kappa shape index (κ3) is 5.49. The summed E-state index contributed by atoms with van der Waals surface area (Å²) in [6.45, 7) is 0.479. The molecule has 0 amide bonds. The number of ether oxygens (including phenoxy) is 2. The molecule has 0 aliphatic rings. The lowest BCUT2D eigenvalue weighted by atomic mass is 10.0. The van der Waals surface area contributed by atoms with Crippen LogP contribution < -0.4 is 9.47 Å². The number of methoxy groups -OCH3 is 1.